The average Bonchev–Trinajstić information content (AvgIpc) is 2.94. The molecule has 0 bridgehead atoms. The van der Waals surface area contributed by atoms with Crippen molar-refractivity contribution in [3.05, 3.63) is 29.1 Å². The molecule has 21 heavy (non-hydrogen) atoms. The molecule has 114 valence electrons. The Morgan fingerprint density at radius 1 is 1.29 bits per heavy atom. The Morgan fingerprint density at radius 3 is 2.86 bits per heavy atom. The van der Waals surface area contributed by atoms with E-state index in [4.69, 9.17) is 9.47 Å². The van der Waals surface area contributed by atoms with E-state index in [2.05, 4.69) is 42.3 Å². The van der Waals surface area contributed by atoms with E-state index in [9.17, 15) is 0 Å². The van der Waals surface area contributed by atoms with Crippen molar-refractivity contribution in [3.63, 3.8) is 0 Å². The van der Waals surface area contributed by atoms with Crippen molar-refractivity contribution in [3.8, 4) is 5.75 Å². The van der Waals surface area contributed by atoms with E-state index in [1.54, 1.807) is 11.3 Å². The number of ether oxygens (including phenoxy) is 2. The summed E-state index contributed by atoms with van der Waals surface area (Å²) in [6.45, 7) is 9.90. The van der Waals surface area contributed by atoms with Crippen LogP contribution in [0.5, 0.6) is 5.75 Å². The minimum atomic E-state index is 0.479. The topological polar surface area (TPSA) is 21.7 Å². The number of benzene rings is 1. The second-order valence-electron chi connectivity index (χ2n) is 5.81. The van der Waals surface area contributed by atoms with E-state index in [0.717, 1.165) is 45.2 Å². The maximum absolute atomic E-state index is 6.10. The molecule has 1 saturated heterocycles. The van der Waals surface area contributed by atoms with Crippen molar-refractivity contribution in [2.45, 2.75) is 19.8 Å². The third-order valence-corrected chi connectivity index (χ3v) is 4.86. The van der Waals surface area contributed by atoms with Crippen LogP contribution in [0, 0.1) is 0 Å². The van der Waals surface area contributed by atoms with Crippen LogP contribution in [-0.4, -0.2) is 44.4 Å². The Balaban J connectivity index is 1.68. The highest BCUT2D eigenvalue weighted by atomic mass is 32.1. The number of nitrogens with zero attached hydrogens (tertiary/aromatic N) is 1. The van der Waals surface area contributed by atoms with Crippen LogP contribution in [0.25, 0.3) is 10.1 Å². The molecular formula is C17H23NO2S. The lowest BCUT2D eigenvalue weighted by Gasteiger charge is -2.26. The molecule has 1 aromatic heterocycles. The Bertz CT molecular complexity index is 587. The summed E-state index contributed by atoms with van der Waals surface area (Å²) < 4.78 is 12.8. The van der Waals surface area contributed by atoms with Gasteiger partial charge in [-0.3, -0.25) is 4.90 Å². The first-order chi connectivity index (χ1) is 10.2. The second-order valence-corrected chi connectivity index (χ2v) is 6.75. The summed E-state index contributed by atoms with van der Waals surface area (Å²) in [6, 6.07) is 6.67. The molecule has 2 heterocycles. The highest BCUT2D eigenvalue weighted by Gasteiger charge is 2.13. The van der Waals surface area contributed by atoms with Crippen LogP contribution < -0.4 is 4.74 Å². The summed E-state index contributed by atoms with van der Waals surface area (Å²) in [5.41, 5.74) is 1.31. The molecule has 3 nitrogen and oxygen atoms in total. The zero-order valence-electron chi connectivity index (χ0n) is 12.8. The van der Waals surface area contributed by atoms with E-state index >= 15 is 0 Å². The van der Waals surface area contributed by atoms with Crippen molar-refractivity contribution >= 4 is 21.4 Å². The summed E-state index contributed by atoms with van der Waals surface area (Å²) in [5, 5.41) is 3.47. The third-order valence-electron chi connectivity index (χ3n) is 3.98. The fourth-order valence-corrected chi connectivity index (χ4v) is 3.49. The number of rotatable bonds is 5. The lowest BCUT2D eigenvalue weighted by molar-refractivity contribution is 0.0322. The van der Waals surface area contributed by atoms with Gasteiger partial charge in [0.15, 0.2) is 0 Å². The quantitative estimate of drug-likeness (QED) is 0.840. The van der Waals surface area contributed by atoms with Crippen molar-refractivity contribution < 1.29 is 9.47 Å². The Kier molecular flexibility index (Phi) is 4.78. The molecule has 0 spiro atoms. The molecule has 2 aromatic rings. The summed E-state index contributed by atoms with van der Waals surface area (Å²) in [6.07, 6.45) is 0. The lowest BCUT2D eigenvalue weighted by Crippen LogP contribution is -2.38. The summed E-state index contributed by atoms with van der Waals surface area (Å²) in [7, 11) is 0. The zero-order chi connectivity index (χ0) is 14.7. The van der Waals surface area contributed by atoms with Gasteiger partial charge in [0.2, 0.25) is 0 Å². The molecule has 0 saturated carbocycles. The van der Waals surface area contributed by atoms with Gasteiger partial charge in [-0.1, -0.05) is 13.8 Å². The van der Waals surface area contributed by atoms with Crippen molar-refractivity contribution in [1.82, 2.24) is 4.90 Å². The molecule has 0 atom stereocenters. The van der Waals surface area contributed by atoms with E-state index < -0.39 is 0 Å². The van der Waals surface area contributed by atoms with Crippen LogP contribution in [0.4, 0.5) is 0 Å². The Labute approximate surface area is 130 Å². The van der Waals surface area contributed by atoms with Crippen LogP contribution in [0.2, 0.25) is 0 Å². The van der Waals surface area contributed by atoms with E-state index in [1.165, 1.54) is 15.6 Å². The normalized spacial score (nSPS) is 16.7. The Hall–Kier alpha value is -1.10. The minimum Gasteiger partial charge on any atom is -0.492 e. The van der Waals surface area contributed by atoms with Crippen LogP contribution in [0.15, 0.2) is 23.6 Å². The average molecular weight is 305 g/mol. The third kappa shape index (κ3) is 3.57. The van der Waals surface area contributed by atoms with Gasteiger partial charge in [0, 0.05) is 24.3 Å². The van der Waals surface area contributed by atoms with Crippen LogP contribution in [0.3, 0.4) is 0 Å². The number of fused-ring (bicyclic) bond motifs is 1. The van der Waals surface area contributed by atoms with Gasteiger partial charge in [-0.2, -0.15) is 0 Å². The first-order valence-corrected chi connectivity index (χ1v) is 8.56. The van der Waals surface area contributed by atoms with Crippen LogP contribution in [0.1, 0.15) is 25.3 Å². The van der Waals surface area contributed by atoms with Gasteiger partial charge in [0.05, 0.1) is 13.2 Å². The molecule has 1 fully saturated rings. The molecule has 0 amide bonds. The minimum absolute atomic E-state index is 0.479. The summed E-state index contributed by atoms with van der Waals surface area (Å²) >= 11 is 1.78. The molecule has 3 rings (SSSR count). The highest BCUT2D eigenvalue weighted by Crippen LogP contribution is 2.33. The Morgan fingerprint density at radius 2 is 2.10 bits per heavy atom. The maximum atomic E-state index is 6.10. The number of hydrogen-bond acceptors (Lipinski definition) is 4. The standard InChI is InChI=1S/C17H23NO2S/c1-13(2)15-11-14-3-10-21-17(14)12-16(15)20-9-6-18-4-7-19-8-5-18/h3,10-13H,4-9H2,1-2H3. The van der Waals surface area contributed by atoms with E-state index in [-0.39, 0.29) is 0 Å². The van der Waals surface area contributed by atoms with Gasteiger partial charge in [0.1, 0.15) is 12.4 Å². The maximum Gasteiger partial charge on any atom is 0.124 e. The smallest absolute Gasteiger partial charge is 0.124 e. The molecule has 1 aromatic carbocycles. The molecule has 0 radical (unpaired) electrons. The molecule has 0 aliphatic carbocycles. The first-order valence-electron chi connectivity index (χ1n) is 7.68. The van der Waals surface area contributed by atoms with Crippen LogP contribution >= 0.6 is 11.3 Å². The zero-order valence-corrected chi connectivity index (χ0v) is 13.6. The van der Waals surface area contributed by atoms with Gasteiger partial charge in [-0.05, 0) is 40.4 Å². The van der Waals surface area contributed by atoms with Gasteiger partial charge in [-0.25, -0.2) is 0 Å². The summed E-state index contributed by atoms with van der Waals surface area (Å²) in [4.78, 5) is 2.40. The lowest BCUT2D eigenvalue weighted by atomic mass is 10.0. The number of thiophene rings is 1. The van der Waals surface area contributed by atoms with Gasteiger partial charge in [-0.15, -0.1) is 11.3 Å². The van der Waals surface area contributed by atoms with Crippen molar-refractivity contribution in [1.29, 1.82) is 0 Å². The van der Waals surface area contributed by atoms with Crippen molar-refractivity contribution in [2.75, 3.05) is 39.5 Å². The predicted molar refractivity (Wildman–Crippen MR) is 88.7 cm³/mol. The van der Waals surface area contributed by atoms with Crippen LogP contribution in [-0.2, 0) is 4.74 Å². The van der Waals surface area contributed by atoms with Crippen molar-refractivity contribution in [2.24, 2.45) is 0 Å². The summed E-state index contributed by atoms with van der Waals surface area (Å²) in [5.74, 6) is 1.53. The monoisotopic (exact) mass is 305 g/mol. The molecular weight excluding hydrogens is 282 g/mol. The molecule has 1 aliphatic heterocycles. The molecule has 1 aliphatic rings. The largest absolute Gasteiger partial charge is 0.492 e. The first kappa shape index (κ1) is 14.8. The fraction of sp³-hybridized carbons (Fsp3) is 0.529. The fourth-order valence-electron chi connectivity index (χ4n) is 2.69. The number of hydrogen-bond donors (Lipinski definition) is 0. The second kappa shape index (κ2) is 6.77. The van der Waals surface area contributed by atoms with Gasteiger partial charge in [0.25, 0.3) is 0 Å². The molecule has 0 unspecified atom stereocenters. The van der Waals surface area contributed by atoms with Gasteiger partial charge < -0.3 is 9.47 Å². The number of morpholine rings is 1. The SMILES string of the molecule is CC(C)c1cc2ccsc2cc1OCCN1CCOCC1. The molecule has 0 N–H and O–H groups in total. The predicted octanol–water partition coefficient (Wildman–Crippen LogP) is 3.74. The van der Waals surface area contributed by atoms with E-state index in [1.807, 2.05) is 0 Å². The van der Waals surface area contributed by atoms with Gasteiger partial charge >= 0.3 is 0 Å². The highest BCUT2D eigenvalue weighted by molar-refractivity contribution is 7.17. The van der Waals surface area contributed by atoms with E-state index in [0.29, 0.717) is 5.92 Å². The molecule has 4 heteroatoms.